The van der Waals surface area contributed by atoms with E-state index in [2.05, 4.69) is 20.2 Å². The fraction of sp³-hybridized carbons (Fsp3) is 0.583. The lowest BCUT2D eigenvalue weighted by Gasteiger charge is -2.14. The molecule has 0 aromatic carbocycles. The van der Waals surface area contributed by atoms with Crippen molar-refractivity contribution in [2.45, 2.75) is 19.3 Å². The van der Waals surface area contributed by atoms with Gasteiger partial charge in [-0.15, -0.1) is 0 Å². The summed E-state index contributed by atoms with van der Waals surface area (Å²) in [5, 5.41) is 11.9. The van der Waals surface area contributed by atoms with E-state index >= 15 is 0 Å². The van der Waals surface area contributed by atoms with Crippen molar-refractivity contribution < 1.29 is 9.90 Å². The third-order valence-corrected chi connectivity index (χ3v) is 3.04. The number of anilines is 1. The normalized spacial score (nSPS) is 15.8. The van der Waals surface area contributed by atoms with Crippen molar-refractivity contribution in [3.8, 4) is 0 Å². The minimum atomic E-state index is -1.03. The third-order valence-electron chi connectivity index (χ3n) is 3.04. The number of nitrogens with one attached hydrogen (secondary N) is 1. The molecule has 1 aromatic rings. The van der Waals surface area contributed by atoms with Crippen LogP contribution in [0.15, 0.2) is 12.4 Å². The molecular formula is C12H18N4O2. The maximum Gasteiger partial charge on any atom is 0.354 e. The highest BCUT2D eigenvalue weighted by atomic mass is 16.4. The highest BCUT2D eigenvalue weighted by Crippen LogP contribution is 2.08. The van der Waals surface area contributed by atoms with Crippen LogP contribution >= 0.6 is 0 Å². The summed E-state index contributed by atoms with van der Waals surface area (Å²) < 4.78 is 0. The van der Waals surface area contributed by atoms with Gasteiger partial charge in [-0.05, 0) is 38.9 Å². The van der Waals surface area contributed by atoms with E-state index in [1.165, 1.54) is 38.3 Å². The molecule has 0 radical (unpaired) electrons. The molecule has 1 aliphatic rings. The monoisotopic (exact) mass is 250 g/mol. The van der Waals surface area contributed by atoms with Crippen molar-refractivity contribution in [3.05, 3.63) is 18.1 Å². The van der Waals surface area contributed by atoms with Crippen LogP contribution in [0, 0.1) is 0 Å². The minimum Gasteiger partial charge on any atom is -0.477 e. The lowest BCUT2D eigenvalue weighted by atomic mass is 10.3. The number of carbonyl (C=O) groups is 1. The van der Waals surface area contributed by atoms with Gasteiger partial charge in [0.05, 0.1) is 0 Å². The molecule has 0 unspecified atom stereocenters. The van der Waals surface area contributed by atoms with Crippen LogP contribution in [0.3, 0.4) is 0 Å². The van der Waals surface area contributed by atoms with Gasteiger partial charge in [0.2, 0.25) is 0 Å². The van der Waals surface area contributed by atoms with Gasteiger partial charge in [0, 0.05) is 12.6 Å². The molecule has 6 nitrogen and oxygen atoms in total. The predicted molar refractivity (Wildman–Crippen MR) is 67.8 cm³/mol. The zero-order valence-corrected chi connectivity index (χ0v) is 10.3. The Labute approximate surface area is 106 Å². The number of aromatic carboxylic acids is 1. The number of hydrogen-bond donors (Lipinski definition) is 2. The molecule has 18 heavy (non-hydrogen) atoms. The second kappa shape index (κ2) is 6.30. The maximum atomic E-state index is 10.7. The second-order valence-electron chi connectivity index (χ2n) is 4.42. The molecular weight excluding hydrogens is 232 g/mol. The van der Waals surface area contributed by atoms with E-state index in [0.717, 1.165) is 19.5 Å². The zero-order valence-electron chi connectivity index (χ0n) is 10.3. The van der Waals surface area contributed by atoms with Crippen LogP contribution in [0.25, 0.3) is 0 Å². The van der Waals surface area contributed by atoms with E-state index in [-0.39, 0.29) is 5.69 Å². The van der Waals surface area contributed by atoms with Gasteiger partial charge >= 0.3 is 5.97 Å². The van der Waals surface area contributed by atoms with E-state index in [9.17, 15) is 4.79 Å². The molecule has 0 bridgehead atoms. The molecule has 98 valence electrons. The number of carboxylic acids is 1. The van der Waals surface area contributed by atoms with Gasteiger partial charge in [-0.1, -0.05) is 0 Å². The largest absolute Gasteiger partial charge is 0.477 e. The van der Waals surface area contributed by atoms with Gasteiger partial charge in [0.1, 0.15) is 12.1 Å². The average molecular weight is 250 g/mol. The Hall–Kier alpha value is -1.69. The first kappa shape index (κ1) is 12.8. The summed E-state index contributed by atoms with van der Waals surface area (Å²) in [6, 6.07) is 1.46. The van der Waals surface area contributed by atoms with Gasteiger partial charge in [0.25, 0.3) is 0 Å². The topological polar surface area (TPSA) is 78.4 Å². The van der Waals surface area contributed by atoms with Crippen molar-refractivity contribution in [1.82, 2.24) is 14.9 Å². The molecule has 0 saturated carbocycles. The summed E-state index contributed by atoms with van der Waals surface area (Å²) in [6.07, 6.45) is 4.92. The Morgan fingerprint density at radius 1 is 1.39 bits per heavy atom. The van der Waals surface area contributed by atoms with Crippen LogP contribution < -0.4 is 5.32 Å². The number of aromatic nitrogens is 2. The Bertz CT molecular complexity index is 405. The summed E-state index contributed by atoms with van der Waals surface area (Å²) in [5.74, 6) is -0.457. The quantitative estimate of drug-likeness (QED) is 0.735. The highest BCUT2D eigenvalue weighted by molar-refractivity contribution is 5.85. The van der Waals surface area contributed by atoms with Crippen LogP contribution in [-0.2, 0) is 0 Å². The van der Waals surface area contributed by atoms with E-state index in [1.807, 2.05) is 0 Å². The lowest BCUT2D eigenvalue weighted by Crippen LogP contribution is -2.22. The first-order valence-electron chi connectivity index (χ1n) is 6.27. The second-order valence-corrected chi connectivity index (χ2v) is 4.42. The minimum absolute atomic E-state index is 0.0204. The van der Waals surface area contributed by atoms with E-state index in [4.69, 9.17) is 5.11 Å². The summed E-state index contributed by atoms with van der Waals surface area (Å²) in [5.41, 5.74) is 0.0204. The fourth-order valence-corrected chi connectivity index (χ4v) is 2.10. The summed E-state index contributed by atoms with van der Waals surface area (Å²) in [6.45, 7) is 4.30. The molecule has 0 aliphatic carbocycles. The molecule has 1 saturated heterocycles. The average Bonchev–Trinajstić information content (AvgIpc) is 2.88. The van der Waals surface area contributed by atoms with Crippen LogP contribution in [0.1, 0.15) is 29.8 Å². The Balaban J connectivity index is 1.72. The third kappa shape index (κ3) is 3.66. The lowest BCUT2D eigenvalue weighted by molar-refractivity contribution is 0.0690. The van der Waals surface area contributed by atoms with E-state index < -0.39 is 5.97 Å². The van der Waals surface area contributed by atoms with Gasteiger partial charge in [0.15, 0.2) is 5.69 Å². The van der Waals surface area contributed by atoms with Crippen LogP contribution in [-0.4, -0.2) is 52.1 Å². The van der Waals surface area contributed by atoms with Crippen molar-refractivity contribution in [1.29, 1.82) is 0 Å². The molecule has 2 rings (SSSR count). The number of nitrogens with zero attached hydrogens (tertiary/aromatic N) is 3. The molecule has 1 aliphatic heterocycles. The van der Waals surface area contributed by atoms with Gasteiger partial charge < -0.3 is 15.3 Å². The molecule has 2 heterocycles. The molecule has 0 atom stereocenters. The molecule has 1 aromatic heterocycles. The molecule has 6 heteroatoms. The summed E-state index contributed by atoms with van der Waals surface area (Å²) in [7, 11) is 0. The van der Waals surface area contributed by atoms with Crippen molar-refractivity contribution in [3.63, 3.8) is 0 Å². The SMILES string of the molecule is O=C(O)c1cc(NCCCN2CCCC2)ncn1. The first-order valence-corrected chi connectivity index (χ1v) is 6.27. The van der Waals surface area contributed by atoms with Crippen LogP contribution in [0.2, 0.25) is 0 Å². The van der Waals surface area contributed by atoms with Crippen molar-refractivity contribution >= 4 is 11.8 Å². The van der Waals surface area contributed by atoms with Crippen molar-refractivity contribution in [2.75, 3.05) is 31.5 Å². The number of hydrogen-bond acceptors (Lipinski definition) is 5. The standard InChI is InChI=1S/C12H18N4O2/c17-12(18)10-8-11(15-9-14-10)13-4-3-7-16-5-1-2-6-16/h8-9H,1-7H2,(H,17,18)(H,13,14,15). The smallest absolute Gasteiger partial charge is 0.354 e. The number of rotatable bonds is 6. The number of carboxylic acid groups (broad SMARTS) is 1. The molecule has 0 amide bonds. The van der Waals surface area contributed by atoms with E-state index in [1.54, 1.807) is 0 Å². The summed E-state index contributed by atoms with van der Waals surface area (Å²) in [4.78, 5) is 20.8. The Morgan fingerprint density at radius 3 is 2.89 bits per heavy atom. The van der Waals surface area contributed by atoms with Gasteiger partial charge in [-0.25, -0.2) is 14.8 Å². The Morgan fingerprint density at radius 2 is 2.17 bits per heavy atom. The van der Waals surface area contributed by atoms with Gasteiger partial charge in [-0.2, -0.15) is 0 Å². The summed E-state index contributed by atoms with van der Waals surface area (Å²) >= 11 is 0. The first-order chi connectivity index (χ1) is 8.75. The molecule has 2 N–H and O–H groups in total. The van der Waals surface area contributed by atoms with Crippen molar-refractivity contribution in [2.24, 2.45) is 0 Å². The maximum absolute atomic E-state index is 10.7. The Kier molecular flexibility index (Phi) is 4.46. The molecule has 1 fully saturated rings. The van der Waals surface area contributed by atoms with E-state index in [0.29, 0.717) is 5.82 Å². The highest BCUT2D eigenvalue weighted by Gasteiger charge is 2.10. The zero-order chi connectivity index (χ0) is 12.8. The predicted octanol–water partition coefficient (Wildman–Crippen LogP) is 1.07. The van der Waals surface area contributed by atoms with Crippen LogP contribution in [0.5, 0.6) is 0 Å². The number of likely N-dealkylation sites (tertiary alicyclic amines) is 1. The van der Waals surface area contributed by atoms with Gasteiger partial charge in [-0.3, -0.25) is 0 Å². The molecule has 0 spiro atoms. The van der Waals surface area contributed by atoms with Crippen LogP contribution in [0.4, 0.5) is 5.82 Å². The fourth-order valence-electron chi connectivity index (χ4n) is 2.10.